The molecule has 64 valence electrons. The second-order valence-corrected chi connectivity index (χ2v) is 2.22. The highest BCUT2D eigenvalue weighted by atomic mass is 31.2. The summed E-state index contributed by atoms with van der Waals surface area (Å²) in [5.41, 5.74) is 0. The molecule has 0 aliphatic carbocycles. The van der Waals surface area contributed by atoms with E-state index in [0.29, 0.717) is 0 Å². The molecule has 0 heterocycles. The van der Waals surface area contributed by atoms with Gasteiger partial charge in [0.1, 0.15) is 0 Å². The molecule has 7 heteroatoms. The van der Waals surface area contributed by atoms with Crippen molar-refractivity contribution in [3.8, 4) is 0 Å². The van der Waals surface area contributed by atoms with Crippen LogP contribution < -0.4 is 0 Å². The summed E-state index contributed by atoms with van der Waals surface area (Å²) in [6.45, 7) is 0. The normalized spacial score (nSPS) is 9.45. The summed E-state index contributed by atoms with van der Waals surface area (Å²) in [6.07, 6.45) is -1.02. The van der Waals surface area contributed by atoms with Gasteiger partial charge in [0.05, 0.1) is 7.11 Å². The maximum absolute atomic E-state index is 11.4. The topological polar surface area (TPSA) is 52.6 Å². The van der Waals surface area contributed by atoms with Crippen molar-refractivity contribution in [1.82, 2.24) is 0 Å². The number of hydrogen-bond acceptors (Lipinski definition) is 4. The smallest absolute Gasteiger partial charge is 0.417 e. The first-order valence-corrected chi connectivity index (χ1v) is 3.73. The predicted octanol–water partition coefficient (Wildman–Crippen LogP) is 0.911. The van der Waals surface area contributed by atoms with Crippen LogP contribution in [0.2, 0.25) is 0 Å². The fourth-order valence-electron chi connectivity index (χ4n) is 0.250. The first kappa shape index (κ1) is 10.2. The Morgan fingerprint density at radius 1 is 1.36 bits per heavy atom. The van der Waals surface area contributed by atoms with Crippen LogP contribution in [-0.2, 0) is 19.1 Å². The van der Waals surface area contributed by atoms with Crippen molar-refractivity contribution in [3.63, 3.8) is 0 Å². The van der Waals surface area contributed by atoms with E-state index in [2.05, 4.69) is 9.47 Å². The highest BCUT2D eigenvalue weighted by Gasteiger charge is 2.17. The summed E-state index contributed by atoms with van der Waals surface area (Å²) in [5.74, 6) is -2.67. The SMILES string of the molecule is COC(=O)C(=O)OCP(F)F. The number of carbonyl (C=O) groups excluding carboxylic acids is 2. The van der Waals surface area contributed by atoms with Crippen LogP contribution in [-0.4, -0.2) is 25.4 Å². The summed E-state index contributed by atoms with van der Waals surface area (Å²) in [4.78, 5) is 20.4. The van der Waals surface area contributed by atoms with Gasteiger partial charge < -0.3 is 9.47 Å². The molecule has 0 unspecified atom stereocenters. The van der Waals surface area contributed by atoms with Gasteiger partial charge in [-0.1, -0.05) is 0 Å². The van der Waals surface area contributed by atoms with Gasteiger partial charge in [0, 0.05) is 0 Å². The standard InChI is InChI=1S/C4H5F2O4P/c1-9-3(7)4(8)10-2-11(5)6/h2H2,1H3. The van der Waals surface area contributed by atoms with Crippen LogP contribution in [0.3, 0.4) is 0 Å². The third-order valence-corrected chi connectivity index (χ3v) is 0.970. The van der Waals surface area contributed by atoms with E-state index in [0.717, 1.165) is 7.11 Å². The van der Waals surface area contributed by atoms with E-state index >= 15 is 0 Å². The minimum atomic E-state index is -3.31. The van der Waals surface area contributed by atoms with Crippen molar-refractivity contribution in [3.05, 3.63) is 0 Å². The molecular formula is C4H5F2O4P. The summed E-state index contributed by atoms with van der Waals surface area (Å²) in [7, 11) is -2.36. The Labute approximate surface area is 62.5 Å². The van der Waals surface area contributed by atoms with Crippen molar-refractivity contribution in [2.75, 3.05) is 13.5 Å². The minimum Gasteiger partial charge on any atom is -0.461 e. The largest absolute Gasteiger partial charge is 0.461 e. The quantitative estimate of drug-likeness (QED) is 0.365. The number of halogens is 2. The Morgan fingerprint density at radius 3 is 2.27 bits per heavy atom. The van der Waals surface area contributed by atoms with Crippen molar-refractivity contribution in [2.24, 2.45) is 0 Å². The maximum atomic E-state index is 11.4. The van der Waals surface area contributed by atoms with E-state index in [1.165, 1.54) is 0 Å². The zero-order valence-corrected chi connectivity index (χ0v) is 6.44. The van der Waals surface area contributed by atoms with Gasteiger partial charge in [-0.3, -0.25) is 0 Å². The summed E-state index contributed by atoms with van der Waals surface area (Å²) in [6, 6.07) is 0. The molecule has 0 bridgehead atoms. The number of rotatable bonds is 2. The van der Waals surface area contributed by atoms with Gasteiger partial charge in [-0.2, -0.15) is 8.39 Å². The average molecular weight is 186 g/mol. The molecule has 0 aromatic heterocycles. The molecule has 0 aromatic rings. The van der Waals surface area contributed by atoms with E-state index in [4.69, 9.17) is 0 Å². The molecule has 11 heavy (non-hydrogen) atoms. The molecular weight excluding hydrogens is 181 g/mol. The van der Waals surface area contributed by atoms with E-state index in [-0.39, 0.29) is 0 Å². The van der Waals surface area contributed by atoms with Crippen LogP contribution >= 0.6 is 8.54 Å². The Hall–Kier alpha value is -0.770. The lowest BCUT2D eigenvalue weighted by molar-refractivity contribution is -0.164. The van der Waals surface area contributed by atoms with Gasteiger partial charge in [-0.25, -0.2) is 9.59 Å². The summed E-state index contributed by atoms with van der Waals surface area (Å²) < 4.78 is 30.5. The van der Waals surface area contributed by atoms with Crippen molar-refractivity contribution < 1.29 is 27.5 Å². The van der Waals surface area contributed by atoms with E-state index in [1.807, 2.05) is 0 Å². The van der Waals surface area contributed by atoms with Gasteiger partial charge in [0.25, 0.3) is 0 Å². The first-order valence-electron chi connectivity index (χ1n) is 2.42. The molecule has 0 aromatic carbocycles. The zero-order chi connectivity index (χ0) is 8.85. The molecule has 0 N–H and O–H groups in total. The molecule has 0 spiro atoms. The van der Waals surface area contributed by atoms with Crippen LogP contribution in [0.4, 0.5) is 8.39 Å². The molecule has 0 saturated heterocycles. The number of hydrogen-bond donors (Lipinski definition) is 0. The third-order valence-electron chi connectivity index (χ3n) is 0.645. The highest BCUT2D eigenvalue weighted by molar-refractivity contribution is 7.46. The zero-order valence-electron chi connectivity index (χ0n) is 5.54. The van der Waals surface area contributed by atoms with E-state index in [1.54, 1.807) is 0 Å². The average Bonchev–Trinajstić information content (AvgIpc) is 1.98. The van der Waals surface area contributed by atoms with E-state index in [9.17, 15) is 18.0 Å². The molecule has 0 amide bonds. The number of methoxy groups -OCH3 is 1. The number of carbonyl (C=O) groups is 2. The lowest BCUT2D eigenvalue weighted by atomic mass is 10.7. The Balaban J connectivity index is 3.61. The lowest BCUT2D eigenvalue weighted by Crippen LogP contribution is -2.18. The van der Waals surface area contributed by atoms with Gasteiger partial charge in [-0.15, -0.1) is 0 Å². The fraction of sp³-hybridized carbons (Fsp3) is 0.500. The minimum absolute atomic E-state index is 0.956. The first-order chi connectivity index (χ1) is 5.07. The summed E-state index contributed by atoms with van der Waals surface area (Å²) >= 11 is 0. The molecule has 0 atom stereocenters. The maximum Gasteiger partial charge on any atom is 0.417 e. The van der Waals surface area contributed by atoms with Crippen molar-refractivity contribution in [1.29, 1.82) is 0 Å². The number of ether oxygens (including phenoxy) is 2. The monoisotopic (exact) mass is 186 g/mol. The Kier molecular flexibility index (Phi) is 4.61. The van der Waals surface area contributed by atoms with Gasteiger partial charge in [0.15, 0.2) is 6.35 Å². The molecule has 0 aliphatic rings. The lowest BCUT2D eigenvalue weighted by Gasteiger charge is -1.99. The van der Waals surface area contributed by atoms with Crippen LogP contribution in [0.5, 0.6) is 0 Å². The van der Waals surface area contributed by atoms with Crippen LogP contribution in [0.25, 0.3) is 0 Å². The third kappa shape index (κ3) is 4.61. The van der Waals surface area contributed by atoms with Gasteiger partial charge in [-0.05, 0) is 0 Å². The Bertz CT molecular complexity index is 160. The van der Waals surface area contributed by atoms with Crippen LogP contribution in [0, 0.1) is 0 Å². The van der Waals surface area contributed by atoms with E-state index < -0.39 is 26.8 Å². The van der Waals surface area contributed by atoms with Gasteiger partial charge >= 0.3 is 20.5 Å². The van der Waals surface area contributed by atoms with Crippen LogP contribution in [0.1, 0.15) is 0 Å². The second kappa shape index (κ2) is 4.96. The number of esters is 2. The molecule has 0 rings (SSSR count). The molecule has 4 nitrogen and oxygen atoms in total. The highest BCUT2D eigenvalue weighted by Crippen LogP contribution is 2.37. The molecule has 0 radical (unpaired) electrons. The van der Waals surface area contributed by atoms with Crippen molar-refractivity contribution >= 4 is 20.5 Å². The fourth-order valence-corrected chi connectivity index (χ4v) is 0.465. The Morgan fingerprint density at radius 2 is 1.91 bits per heavy atom. The molecule has 0 aliphatic heterocycles. The predicted molar refractivity (Wildman–Crippen MR) is 32.1 cm³/mol. The van der Waals surface area contributed by atoms with Crippen LogP contribution in [0.15, 0.2) is 0 Å². The van der Waals surface area contributed by atoms with Crippen molar-refractivity contribution in [2.45, 2.75) is 0 Å². The molecule has 0 fully saturated rings. The second-order valence-electron chi connectivity index (χ2n) is 1.36. The molecule has 0 saturated carbocycles. The van der Waals surface area contributed by atoms with Gasteiger partial charge in [0.2, 0.25) is 0 Å². The summed E-state index contributed by atoms with van der Waals surface area (Å²) in [5, 5.41) is 0.